The summed E-state index contributed by atoms with van der Waals surface area (Å²) in [6.45, 7) is 1.77. The Hall–Kier alpha value is -1.98. The van der Waals surface area contributed by atoms with Crippen molar-refractivity contribution in [2.75, 3.05) is 5.32 Å². The van der Waals surface area contributed by atoms with Crippen LogP contribution in [-0.2, 0) is 4.79 Å². The third-order valence-corrected chi connectivity index (χ3v) is 3.67. The van der Waals surface area contributed by atoms with Crippen molar-refractivity contribution in [3.63, 3.8) is 0 Å². The highest BCUT2D eigenvalue weighted by Crippen LogP contribution is 2.23. The summed E-state index contributed by atoms with van der Waals surface area (Å²) in [5.74, 6) is 0.441. The van der Waals surface area contributed by atoms with E-state index in [2.05, 4.69) is 15.3 Å². The summed E-state index contributed by atoms with van der Waals surface area (Å²) in [5.41, 5.74) is 1.52. The van der Waals surface area contributed by atoms with E-state index in [0.29, 0.717) is 39.3 Å². The van der Waals surface area contributed by atoms with Crippen molar-refractivity contribution < 1.29 is 4.79 Å². The summed E-state index contributed by atoms with van der Waals surface area (Å²) in [5, 5.41) is 11.5. The molecule has 0 aliphatic heterocycles. The van der Waals surface area contributed by atoms with E-state index in [1.807, 2.05) is 0 Å². The van der Waals surface area contributed by atoms with Gasteiger partial charge in [0.1, 0.15) is 5.82 Å². The number of aryl methyl sites for hydroxylation is 1. The average Bonchev–Trinajstić information content (AvgIpc) is 2.50. The number of benzene rings is 1. The van der Waals surface area contributed by atoms with Gasteiger partial charge in [-0.2, -0.15) is 0 Å². The molecular formula is C15H14Cl2N4O. The van der Waals surface area contributed by atoms with Gasteiger partial charge in [-0.25, -0.2) is 9.97 Å². The molecule has 0 bridgehead atoms. The van der Waals surface area contributed by atoms with Crippen LogP contribution in [0.3, 0.4) is 0 Å². The maximum Gasteiger partial charge on any atom is 0.224 e. The largest absolute Gasteiger partial charge is 0.323 e. The van der Waals surface area contributed by atoms with Crippen molar-refractivity contribution in [3.05, 3.63) is 52.0 Å². The van der Waals surface area contributed by atoms with Gasteiger partial charge in [0.2, 0.25) is 5.91 Å². The Kier molecular flexibility index (Phi) is 5.46. The Bertz CT molecular complexity index is 701. The predicted molar refractivity (Wildman–Crippen MR) is 87.9 cm³/mol. The fourth-order valence-electron chi connectivity index (χ4n) is 1.75. The number of anilines is 1. The fraction of sp³-hybridized carbons (Fsp3) is 0.200. The summed E-state index contributed by atoms with van der Waals surface area (Å²) >= 11 is 11.8. The SMILES string of the molecule is Cc1ncc(NC(=O)CCC(=N)c2ccc(Cl)c(Cl)c2)cn1. The molecular weight excluding hydrogens is 323 g/mol. The van der Waals surface area contributed by atoms with Gasteiger partial charge >= 0.3 is 0 Å². The number of aromatic nitrogens is 2. The van der Waals surface area contributed by atoms with Crippen molar-refractivity contribution >= 4 is 40.5 Å². The van der Waals surface area contributed by atoms with Gasteiger partial charge in [-0.1, -0.05) is 29.3 Å². The zero-order valence-corrected chi connectivity index (χ0v) is 13.4. The molecule has 114 valence electrons. The van der Waals surface area contributed by atoms with Crippen molar-refractivity contribution in [3.8, 4) is 0 Å². The lowest BCUT2D eigenvalue weighted by Crippen LogP contribution is -2.14. The molecule has 0 aliphatic carbocycles. The number of amides is 1. The Labute approximate surface area is 138 Å². The van der Waals surface area contributed by atoms with Crippen LogP contribution < -0.4 is 5.32 Å². The molecule has 7 heteroatoms. The van der Waals surface area contributed by atoms with E-state index in [1.54, 1.807) is 37.5 Å². The number of carbonyl (C=O) groups excluding carboxylic acids is 1. The van der Waals surface area contributed by atoms with Gasteiger partial charge in [-0.15, -0.1) is 0 Å². The summed E-state index contributed by atoms with van der Waals surface area (Å²) < 4.78 is 0. The molecule has 2 aromatic rings. The standard InChI is InChI=1S/C15H14Cl2N4O/c1-9-19-7-11(8-20-9)21-15(22)5-4-14(18)10-2-3-12(16)13(17)6-10/h2-3,6-8,18H,4-5H2,1H3,(H,21,22). The highest BCUT2D eigenvalue weighted by atomic mass is 35.5. The second-order valence-electron chi connectivity index (χ2n) is 4.67. The zero-order chi connectivity index (χ0) is 16.1. The second-order valence-corrected chi connectivity index (χ2v) is 5.49. The molecule has 0 radical (unpaired) electrons. The number of carbonyl (C=O) groups is 1. The maximum atomic E-state index is 11.8. The molecule has 2 N–H and O–H groups in total. The number of hydrogen-bond acceptors (Lipinski definition) is 4. The molecule has 1 aromatic carbocycles. The lowest BCUT2D eigenvalue weighted by atomic mass is 10.1. The monoisotopic (exact) mass is 336 g/mol. The van der Waals surface area contributed by atoms with E-state index in [1.165, 1.54) is 0 Å². The van der Waals surface area contributed by atoms with Crippen molar-refractivity contribution in [2.24, 2.45) is 0 Å². The molecule has 1 amide bonds. The van der Waals surface area contributed by atoms with Crippen LogP contribution in [0.5, 0.6) is 0 Å². The Morgan fingerprint density at radius 1 is 1.18 bits per heavy atom. The molecule has 0 saturated carbocycles. The van der Waals surface area contributed by atoms with Crippen LogP contribution in [0.25, 0.3) is 0 Å². The fourth-order valence-corrected chi connectivity index (χ4v) is 2.05. The van der Waals surface area contributed by atoms with Gasteiger partial charge in [0.25, 0.3) is 0 Å². The lowest BCUT2D eigenvalue weighted by Gasteiger charge is -2.07. The molecule has 0 unspecified atom stereocenters. The molecule has 0 aliphatic rings. The van der Waals surface area contributed by atoms with Gasteiger partial charge in [-0.05, 0) is 31.0 Å². The van der Waals surface area contributed by atoms with Crippen LogP contribution in [0.1, 0.15) is 24.2 Å². The minimum atomic E-state index is -0.197. The van der Waals surface area contributed by atoms with E-state index in [4.69, 9.17) is 28.6 Å². The first-order valence-corrected chi connectivity index (χ1v) is 7.32. The third-order valence-electron chi connectivity index (χ3n) is 2.93. The summed E-state index contributed by atoms with van der Waals surface area (Å²) in [4.78, 5) is 19.8. The van der Waals surface area contributed by atoms with Gasteiger partial charge in [0, 0.05) is 12.1 Å². The normalized spacial score (nSPS) is 10.3. The topological polar surface area (TPSA) is 78.7 Å². The van der Waals surface area contributed by atoms with Crippen LogP contribution in [-0.4, -0.2) is 21.6 Å². The van der Waals surface area contributed by atoms with E-state index in [-0.39, 0.29) is 12.3 Å². The van der Waals surface area contributed by atoms with Gasteiger partial charge in [0.05, 0.1) is 28.1 Å². The Balaban J connectivity index is 1.88. The molecule has 5 nitrogen and oxygen atoms in total. The highest BCUT2D eigenvalue weighted by Gasteiger charge is 2.08. The molecule has 0 spiro atoms. The first kappa shape index (κ1) is 16.4. The van der Waals surface area contributed by atoms with E-state index in [9.17, 15) is 4.79 Å². The minimum absolute atomic E-state index is 0.187. The first-order chi connectivity index (χ1) is 10.5. The molecule has 1 aromatic heterocycles. The smallest absolute Gasteiger partial charge is 0.224 e. The molecule has 22 heavy (non-hydrogen) atoms. The summed E-state index contributed by atoms with van der Waals surface area (Å²) in [7, 11) is 0. The molecule has 0 atom stereocenters. The maximum absolute atomic E-state index is 11.8. The number of nitrogens with one attached hydrogen (secondary N) is 2. The minimum Gasteiger partial charge on any atom is -0.323 e. The van der Waals surface area contributed by atoms with Crippen LogP contribution in [0.2, 0.25) is 10.0 Å². The van der Waals surface area contributed by atoms with E-state index < -0.39 is 0 Å². The van der Waals surface area contributed by atoms with Gasteiger partial charge in [-0.3, -0.25) is 4.79 Å². The average molecular weight is 337 g/mol. The number of rotatable bonds is 5. The summed E-state index contributed by atoms with van der Waals surface area (Å²) in [6, 6.07) is 4.97. The van der Waals surface area contributed by atoms with Crippen molar-refractivity contribution in [1.29, 1.82) is 5.41 Å². The van der Waals surface area contributed by atoms with Crippen molar-refractivity contribution in [2.45, 2.75) is 19.8 Å². The quantitative estimate of drug-likeness (QED) is 0.813. The zero-order valence-electron chi connectivity index (χ0n) is 11.9. The van der Waals surface area contributed by atoms with Crippen LogP contribution in [0.4, 0.5) is 5.69 Å². The molecule has 2 rings (SSSR count). The van der Waals surface area contributed by atoms with E-state index >= 15 is 0 Å². The Morgan fingerprint density at radius 2 is 1.86 bits per heavy atom. The van der Waals surface area contributed by atoms with Crippen molar-refractivity contribution in [1.82, 2.24) is 9.97 Å². The molecule has 0 saturated heterocycles. The van der Waals surface area contributed by atoms with Gasteiger partial charge < -0.3 is 10.7 Å². The highest BCUT2D eigenvalue weighted by molar-refractivity contribution is 6.42. The molecule has 0 fully saturated rings. The van der Waals surface area contributed by atoms with Crippen LogP contribution >= 0.6 is 23.2 Å². The van der Waals surface area contributed by atoms with Crippen LogP contribution in [0, 0.1) is 12.3 Å². The van der Waals surface area contributed by atoms with Crippen LogP contribution in [0.15, 0.2) is 30.6 Å². The second kappa shape index (κ2) is 7.33. The number of nitrogens with zero attached hydrogens (tertiary/aromatic N) is 2. The van der Waals surface area contributed by atoms with Gasteiger partial charge in [0.15, 0.2) is 0 Å². The first-order valence-electron chi connectivity index (χ1n) is 6.57. The number of halogens is 2. The predicted octanol–water partition coefficient (Wildman–Crippen LogP) is 3.88. The number of hydrogen-bond donors (Lipinski definition) is 2. The molecule has 1 heterocycles. The summed E-state index contributed by atoms with van der Waals surface area (Å²) in [6.07, 6.45) is 3.58. The van der Waals surface area contributed by atoms with E-state index in [0.717, 1.165) is 0 Å². The third kappa shape index (κ3) is 4.51. The lowest BCUT2D eigenvalue weighted by molar-refractivity contribution is -0.116. The Morgan fingerprint density at radius 3 is 2.50 bits per heavy atom.